The van der Waals surface area contributed by atoms with Gasteiger partial charge in [-0.3, -0.25) is 13.9 Å². The molecule has 192 valence electrons. The summed E-state index contributed by atoms with van der Waals surface area (Å²) in [5.41, 5.74) is 2.00. The van der Waals surface area contributed by atoms with Crippen LogP contribution in [0.2, 0.25) is 5.02 Å². The van der Waals surface area contributed by atoms with E-state index >= 15 is 0 Å². The van der Waals surface area contributed by atoms with Crippen LogP contribution in [0.4, 0.5) is 5.69 Å². The number of hydrogen-bond donors (Lipinski definition) is 1. The van der Waals surface area contributed by atoms with Crippen molar-refractivity contribution in [2.75, 3.05) is 23.7 Å². The molecule has 0 bridgehead atoms. The lowest BCUT2D eigenvalue weighted by atomic mass is 10.1. The van der Waals surface area contributed by atoms with E-state index in [2.05, 4.69) is 21.2 Å². The smallest absolute Gasteiger partial charge is 0.244 e. The molecule has 0 fully saturated rings. The minimum atomic E-state index is -3.77. The number of nitrogens with zero attached hydrogens (tertiary/aromatic N) is 2. The van der Waals surface area contributed by atoms with Gasteiger partial charge in [-0.2, -0.15) is 0 Å². The van der Waals surface area contributed by atoms with Gasteiger partial charge in [-0.05, 0) is 61.2 Å². The molecule has 0 saturated carbocycles. The number of carbonyl (C=O) groups excluding carboxylic acids is 2. The number of benzene rings is 2. The molecule has 10 heteroatoms. The molecule has 1 N–H and O–H groups in total. The summed E-state index contributed by atoms with van der Waals surface area (Å²) in [7, 11) is -3.77. The molecule has 0 aliphatic rings. The lowest BCUT2D eigenvalue weighted by Crippen LogP contribution is -2.52. The third-order valence-corrected chi connectivity index (χ3v) is 7.87. The predicted octanol–water partition coefficient (Wildman–Crippen LogP) is 4.90. The number of amides is 2. The van der Waals surface area contributed by atoms with Crippen LogP contribution >= 0.6 is 27.5 Å². The number of hydrogen-bond acceptors (Lipinski definition) is 4. The lowest BCUT2D eigenvalue weighted by molar-refractivity contribution is -0.140. The largest absolute Gasteiger partial charge is 0.354 e. The van der Waals surface area contributed by atoms with Gasteiger partial charge in [-0.15, -0.1) is 0 Å². The van der Waals surface area contributed by atoms with E-state index in [1.165, 1.54) is 4.90 Å². The zero-order valence-electron chi connectivity index (χ0n) is 20.6. The van der Waals surface area contributed by atoms with Gasteiger partial charge in [-0.1, -0.05) is 59.9 Å². The Morgan fingerprint density at radius 2 is 1.77 bits per heavy atom. The van der Waals surface area contributed by atoms with Gasteiger partial charge in [-0.25, -0.2) is 8.42 Å². The fraction of sp³-hybridized carbons (Fsp3) is 0.440. The summed E-state index contributed by atoms with van der Waals surface area (Å²) in [4.78, 5) is 28.1. The van der Waals surface area contributed by atoms with Gasteiger partial charge in [0.2, 0.25) is 21.8 Å². The average Bonchev–Trinajstić information content (AvgIpc) is 2.80. The van der Waals surface area contributed by atoms with Crippen LogP contribution in [0.25, 0.3) is 0 Å². The fourth-order valence-corrected chi connectivity index (χ4v) is 4.82. The van der Waals surface area contributed by atoms with E-state index in [9.17, 15) is 18.0 Å². The van der Waals surface area contributed by atoms with E-state index in [4.69, 9.17) is 11.6 Å². The quantitative estimate of drug-likeness (QED) is 0.359. The number of nitrogens with one attached hydrogen (secondary N) is 1. The molecular formula is C25H33BrClN3O4S. The van der Waals surface area contributed by atoms with Gasteiger partial charge >= 0.3 is 0 Å². The summed E-state index contributed by atoms with van der Waals surface area (Å²) in [5.74, 6) is -0.725. The zero-order chi connectivity index (χ0) is 26.2. The first-order chi connectivity index (χ1) is 16.5. The summed E-state index contributed by atoms with van der Waals surface area (Å²) in [6, 6.07) is 11.4. The van der Waals surface area contributed by atoms with Crippen molar-refractivity contribution in [2.45, 2.75) is 52.6 Å². The summed E-state index contributed by atoms with van der Waals surface area (Å²) in [5, 5.41) is 3.46. The summed E-state index contributed by atoms with van der Waals surface area (Å²) >= 11 is 9.43. The van der Waals surface area contributed by atoms with Gasteiger partial charge < -0.3 is 10.2 Å². The number of aryl methyl sites for hydroxylation is 1. The molecule has 0 radical (unpaired) electrons. The molecule has 2 amide bonds. The number of unbranched alkanes of at least 4 members (excludes halogenated alkanes) is 1. The Morgan fingerprint density at radius 1 is 1.11 bits per heavy atom. The summed E-state index contributed by atoms with van der Waals surface area (Å²) in [6.45, 7) is 5.94. The van der Waals surface area contributed by atoms with E-state index in [0.29, 0.717) is 23.7 Å². The van der Waals surface area contributed by atoms with E-state index in [-0.39, 0.29) is 12.5 Å². The zero-order valence-corrected chi connectivity index (χ0v) is 23.7. The maximum atomic E-state index is 13.6. The second-order valence-corrected chi connectivity index (χ2v) is 11.6. The summed E-state index contributed by atoms with van der Waals surface area (Å²) < 4.78 is 27.3. The summed E-state index contributed by atoms with van der Waals surface area (Å²) in [6.07, 6.45) is 3.21. The standard InChI is InChI=1S/C25H33BrClN3O4S/c1-5-7-14-28-25(32)23(6-2)29(16-19-8-10-20(27)11-9-19)24(31)17-30(35(4,33)34)21-12-13-22(26)18(3)15-21/h8-13,15,23H,5-7,14,16-17H2,1-4H3,(H,28,32)/t23-/m1/s1. The van der Waals surface area contributed by atoms with Gasteiger partial charge in [0, 0.05) is 22.6 Å². The molecule has 2 rings (SSSR count). The number of halogens is 2. The van der Waals surface area contributed by atoms with Crippen molar-refractivity contribution in [1.29, 1.82) is 0 Å². The molecule has 0 aliphatic carbocycles. The Balaban J connectivity index is 2.41. The van der Waals surface area contributed by atoms with Crippen molar-refractivity contribution in [3.05, 3.63) is 63.1 Å². The molecule has 0 spiro atoms. The number of carbonyl (C=O) groups is 2. The molecule has 1 atom stereocenters. The highest BCUT2D eigenvalue weighted by Gasteiger charge is 2.31. The van der Waals surface area contributed by atoms with Crippen molar-refractivity contribution in [3.8, 4) is 0 Å². The predicted molar refractivity (Wildman–Crippen MR) is 145 cm³/mol. The molecule has 2 aromatic carbocycles. The van der Waals surface area contributed by atoms with Crippen LogP contribution in [0.1, 0.15) is 44.2 Å². The van der Waals surface area contributed by atoms with Crippen molar-refractivity contribution in [1.82, 2.24) is 10.2 Å². The Hall–Kier alpha value is -2.10. The van der Waals surface area contributed by atoms with Crippen LogP contribution in [0, 0.1) is 6.92 Å². The second kappa shape index (κ2) is 13.3. The third-order valence-electron chi connectivity index (χ3n) is 5.59. The average molecular weight is 587 g/mol. The van der Waals surface area contributed by atoms with Gasteiger partial charge in [0.1, 0.15) is 12.6 Å². The number of anilines is 1. The molecule has 35 heavy (non-hydrogen) atoms. The molecule has 0 saturated heterocycles. The first-order valence-corrected chi connectivity index (χ1v) is 14.5. The molecule has 0 heterocycles. The first-order valence-electron chi connectivity index (χ1n) is 11.5. The Bertz CT molecular complexity index is 1130. The van der Waals surface area contributed by atoms with Crippen molar-refractivity contribution in [2.24, 2.45) is 0 Å². The van der Waals surface area contributed by atoms with Gasteiger partial charge in [0.25, 0.3) is 0 Å². The van der Waals surface area contributed by atoms with Crippen LogP contribution in [0.15, 0.2) is 46.9 Å². The minimum absolute atomic E-state index is 0.146. The molecular weight excluding hydrogens is 554 g/mol. The first kappa shape index (κ1) is 29.1. The van der Waals surface area contributed by atoms with Crippen LogP contribution in [-0.2, 0) is 26.2 Å². The van der Waals surface area contributed by atoms with Crippen molar-refractivity contribution < 1.29 is 18.0 Å². The van der Waals surface area contributed by atoms with E-state index in [1.54, 1.807) is 42.5 Å². The maximum absolute atomic E-state index is 13.6. The van der Waals surface area contributed by atoms with Crippen LogP contribution in [-0.4, -0.2) is 50.5 Å². The lowest BCUT2D eigenvalue weighted by Gasteiger charge is -2.33. The van der Waals surface area contributed by atoms with Crippen LogP contribution in [0.3, 0.4) is 0 Å². The third kappa shape index (κ3) is 8.51. The van der Waals surface area contributed by atoms with Crippen LogP contribution < -0.4 is 9.62 Å². The second-order valence-electron chi connectivity index (χ2n) is 8.42. The highest BCUT2D eigenvalue weighted by atomic mass is 79.9. The van der Waals surface area contributed by atoms with Crippen molar-refractivity contribution in [3.63, 3.8) is 0 Å². The number of rotatable bonds is 12. The Labute approximate surface area is 222 Å². The Morgan fingerprint density at radius 3 is 2.31 bits per heavy atom. The normalized spacial score (nSPS) is 12.2. The van der Waals surface area contributed by atoms with Gasteiger partial charge in [0.05, 0.1) is 11.9 Å². The highest BCUT2D eigenvalue weighted by Crippen LogP contribution is 2.25. The molecule has 0 unspecified atom stereocenters. The van der Waals surface area contributed by atoms with Crippen molar-refractivity contribution >= 4 is 55.1 Å². The topological polar surface area (TPSA) is 86.8 Å². The minimum Gasteiger partial charge on any atom is -0.354 e. The van der Waals surface area contributed by atoms with E-state index in [1.807, 2.05) is 20.8 Å². The Kier molecular flexibility index (Phi) is 11.0. The van der Waals surface area contributed by atoms with Crippen LogP contribution in [0.5, 0.6) is 0 Å². The SMILES string of the molecule is CCCCNC(=O)[C@@H](CC)N(Cc1ccc(Cl)cc1)C(=O)CN(c1ccc(Br)c(C)c1)S(C)(=O)=O. The monoisotopic (exact) mass is 585 g/mol. The maximum Gasteiger partial charge on any atom is 0.244 e. The highest BCUT2D eigenvalue weighted by molar-refractivity contribution is 9.10. The molecule has 0 aromatic heterocycles. The number of sulfonamides is 1. The molecule has 7 nitrogen and oxygen atoms in total. The molecule has 0 aliphatic heterocycles. The fourth-order valence-electron chi connectivity index (χ4n) is 3.61. The van der Waals surface area contributed by atoms with Gasteiger partial charge in [0.15, 0.2) is 0 Å². The van der Waals surface area contributed by atoms with E-state index < -0.39 is 28.5 Å². The molecule has 2 aromatic rings. The van der Waals surface area contributed by atoms with E-state index in [0.717, 1.165) is 39.0 Å².